The van der Waals surface area contributed by atoms with Gasteiger partial charge < -0.3 is 10.6 Å². The third-order valence-electron chi connectivity index (χ3n) is 4.07. The fourth-order valence-electron chi connectivity index (χ4n) is 2.76. The smallest absolute Gasteiger partial charge is 0.141 e. The van der Waals surface area contributed by atoms with Gasteiger partial charge in [0, 0.05) is 19.1 Å². The molecule has 19 heavy (non-hydrogen) atoms. The number of pyridine rings is 1. The Bertz CT molecular complexity index is 379. The Labute approximate surface area is 115 Å². The Morgan fingerprint density at radius 3 is 3.05 bits per heavy atom. The van der Waals surface area contributed by atoms with E-state index in [2.05, 4.69) is 16.8 Å². The SMILES string of the molecule is CCC1CCCN(CCC(N)c2ccc(F)cn2)C1. The summed E-state index contributed by atoms with van der Waals surface area (Å²) in [5.74, 6) is 0.534. The predicted octanol–water partition coefficient (Wildman–Crippen LogP) is 2.73. The summed E-state index contributed by atoms with van der Waals surface area (Å²) in [6, 6.07) is 3.02. The van der Waals surface area contributed by atoms with Crippen molar-refractivity contribution in [3.63, 3.8) is 0 Å². The van der Waals surface area contributed by atoms with Gasteiger partial charge in [-0.15, -0.1) is 0 Å². The van der Waals surface area contributed by atoms with E-state index >= 15 is 0 Å². The highest BCUT2D eigenvalue weighted by molar-refractivity contribution is 5.09. The first-order valence-corrected chi connectivity index (χ1v) is 7.28. The van der Waals surface area contributed by atoms with Gasteiger partial charge in [0.05, 0.1) is 11.9 Å². The molecule has 0 saturated carbocycles. The average Bonchev–Trinajstić information content (AvgIpc) is 2.46. The maximum Gasteiger partial charge on any atom is 0.141 e. The van der Waals surface area contributed by atoms with Gasteiger partial charge in [0.2, 0.25) is 0 Å². The van der Waals surface area contributed by atoms with Crippen molar-refractivity contribution in [2.45, 2.75) is 38.6 Å². The van der Waals surface area contributed by atoms with Crippen LogP contribution in [0.3, 0.4) is 0 Å². The van der Waals surface area contributed by atoms with Crippen LogP contribution in [0, 0.1) is 11.7 Å². The highest BCUT2D eigenvalue weighted by Crippen LogP contribution is 2.20. The van der Waals surface area contributed by atoms with Crippen LogP contribution in [0.15, 0.2) is 18.3 Å². The topological polar surface area (TPSA) is 42.1 Å². The molecule has 1 aliphatic heterocycles. The van der Waals surface area contributed by atoms with Crippen LogP contribution < -0.4 is 5.73 Å². The lowest BCUT2D eigenvalue weighted by molar-refractivity contribution is 0.167. The molecule has 0 radical (unpaired) electrons. The van der Waals surface area contributed by atoms with Gasteiger partial charge in [-0.05, 0) is 43.9 Å². The molecule has 1 fully saturated rings. The highest BCUT2D eigenvalue weighted by Gasteiger charge is 2.19. The maximum atomic E-state index is 12.8. The number of nitrogens with zero attached hydrogens (tertiary/aromatic N) is 2. The van der Waals surface area contributed by atoms with E-state index in [1.54, 1.807) is 6.07 Å². The zero-order valence-corrected chi connectivity index (χ0v) is 11.7. The van der Waals surface area contributed by atoms with Gasteiger partial charge in [0.1, 0.15) is 5.82 Å². The number of hydrogen-bond acceptors (Lipinski definition) is 3. The number of hydrogen-bond donors (Lipinski definition) is 1. The van der Waals surface area contributed by atoms with Crippen LogP contribution in [0.4, 0.5) is 4.39 Å². The van der Waals surface area contributed by atoms with E-state index in [4.69, 9.17) is 5.73 Å². The molecule has 1 saturated heterocycles. The van der Waals surface area contributed by atoms with Crippen molar-refractivity contribution in [2.24, 2.45) is 11.7 Å². The number of aromatic nitrogens is 1. The van der Waals surface area contributed by atoms with Crippen LogP contribution >= 0.6 is 0 Å². The molecule has 0 aromatic carbocycles. The molecule has 0 spiro atoms. The third kappa shape index (κ3) is 4.25. The predicted molar refractivity (Wildman–Crippen MR) is 75.2 cm³/mol. The fraction of sp³-hybridized carbons (Fsp3) is 0.667. The molecule has 2 heterocycles. The molecule has 0 amide bonds. The summed E-state index contributed by atoms with van der Waals surface area (Å²) in [7, 11) is 0. The van der Waals surface area contributed by atoms with Crippen molar-refractivity contribution in [2.75, 3.05) is 19.6 Å². The van der Waals surface area contributed by atoms with E-state index in [0.717, 1.165) is 24.6 Å². The van der Waals surface area contributed by atoms with Crippen LogP contribution in [0.25, 0.3) is 0 Å². The number of rotatable bonds is 5. The molecule has 2 unspecified atom stereocenters. The van der Waals surface area contributed by atoms with Crippen LogP contribution in [0.5, 0.6) is 0 Å². The van der Waals surface area contributed by atoms with E-state index in [1.165, 1.54) is 44.6 Å². The van der Waals surface area contributed by atoms with Crippen LogP contribution in [-0.4, -0.2) is 29.5 Å². The molecule has 3 nitrogen and oxygen atoms in total. The number of halogens is 1. The Morgan fingerprint density at radius 2 is 2.37 bits per heavy atom. The first-order valence-electron chi connectivity index (χ1n) is 7.28. The van der Waals surface area contributed by atoms with E-state index in [1.807, 2.05) is 0 Å². The Morgan fingerprint density at radius 1 is 1.53 bits per heavy atom. The van der Waals surface area contributed by atoms with Gasteiger partial charge in [-0.2, -0.15) is 0 Å². The summed E-state index contributed by atoms with van der Waals surface area (Å²) in [6.45, 7) is 5.65. The van der Waals surface area contributed by atoms with Crippen molar-refractivity contribution in [3.05, 3.63) is 29.8 Å². The summed E-state index contributed by atoms with van der Waals surface area (Å²) in [6.07, 6.45) is 6.04. The molecule has 2 rings (SSSR count). The molecule has 1 aromatic heterocycles. The standard InChI is InChI=1S/C15H24FN3/c1-2-12-4-3-8-19(11-12)9-7-14(17)15-6-5-13(16)10-18-15/h5-6,10,12,14H,2-4,7-9,11,17H2,1H3. The number of likely N-dealkylation sites (tertiary alicyclic amines) is 1. The molecule has 2 atom stereocenters. The summed E-state index contributed by atoms with van der Waals surface area (Å²) in [4.78, 5) is 6.56. The van der Waals surface area contributed by atoms with Crippen LogP contribution in [-0.2, 0) is 0 Å². The van der Waals surface area contributed by atoms with Gasteiger partial charge in [-0.3, -0.25) is 4.98 Å². The van der Waals surface area contributed by atoms with E-state index in [0.29, 0.717) is 0 Å². The van der Waals surface area contributed by atoms with E-state index < -0.39 is 0 Å². The first-order chi connectivity index (χ1) is 9.19. The van der Waals surface area contributed by atoms with Crippen molar-refractivity contribution in [1.29, 1.82) is 0 Å². The summed E-state index contributed by atoms with van der Waals surface area (Å²) < 4.78 is 12.8. The lowest BCUT2D eigenvalue weighted by atomic mass is 9.95. The van der Waals surface area contributed by atoms with Gasteiger partial charge in [0.25, 0.3) is 0 Å². The lowest BCUT2D eigenvalue weighted by Gasteiger charge is -2.32. The highest BCUT2D eigenvalue weighted by atomic mass is 19.1. The fourth-order valence-corrected chi connectivity index (χ4v) is 2.76. The van der Waals surface area contributed by atoms with Crippen LogP contribution in [0.1, 0.15) is 44.3 Å². The van der Waals surface area contributed by atoms with Gasteiger partial charge in [-0.25, -0.2) is 4.39 Å². The second-order valence-electron chi connectivity index (χ2n) is 5.51. The minimum atomic E-state index is -0.308. The molecule has 106 valence electrons. The molecule has 2 N–H and O–H groups in total. The number of nitrogens with two attached hydrogens (primary N) is 1. The van der Waals surface area contributed by atoms with Crippen molar-refractivity contribution >= 4 is 0 Å². The van der Waals surface area contributed by atoms with Crippen molar-refractivity contribution in [1.82, 2.24) is 9.88 Å². The van der Waals surface area contributed by atoms with E-state index in [9.17, 15) is 4.39 Å². The minimum Gasteiger partial charge on any atom is -0.323 e. The van der Waals surface area contributed by atoms with Gasteiger partial charge in [0.15, 0.2) is 0 Å². The lowest BCUT2D eigenvalue weighted by Crippen LogP contribution is -2.36. The van der Waals surface area contributed by atoms with Crippen molar-refractivity contribution in [3.8, 4) is 0 Å². The van der Waals surface area contributed by atoms with Gasteiger partial charge in [-0.1, -0.05) is 13.3 Å². The van der Waals surface area contributed by atoms with Gasteiger partial charge >= 0.3 is 0 Å². The molecule has 1 aliphatic rings. The molecular weight excluding hydrogens is 241 g/mol. The molecule has 0 bridgehead atoms. The summed E-state index contributed by atoms with van der Waals surface area (Å²) in [5, 5.41) is 0. The Hall–Kier alpha value is -1.00. The maximum absolute atomic E-state index is 12.8. The zero-order valence-electron chi connectivity index (χ0n) is 11.7. The Kier molecular flexibility index (Phi) is 5.28. The molecule has 4 heteroatoms. The second-order valence-corrected chi connectivity index (χ2v) is 5.51. The quantitative estimate of drug-likeness (QED) is 0.890. The first kappa shape index (κ1) is 14.4. The monoisotopic (exact) mass is 265 g/mol. The minimum absolute atomic E-state index is 0.0948. The van der Waals surface area contributed by atoms with Crippen LogP contribution in [0.2, 0.25) is 0 Å². The van der Waals surface area contributed by atoms with E-state index in [-0.39, 0.29) is 11.9 Å². The Balaban J connectivity index is 1.79. The number of piperidine rings is 1. The third-order valence-corrected chi connectivity index (χ3v) is 4.07. The normalized spacial score (nSPS) is 22.4. The van der Waals surface area contributed by atoms with Crippen molar-refractivity contribution < 1.29 is 4.39 Å². The largest absolute Gasteiger partial charge is 0.323 e. The molecule has 1 aromatic rings. The molecular formula is C15H24FN3. The zero-order chi connectivity index (χ0) is 13.7. The second kappa shape index (κ2) is 6.96. The summed E-state index contributed by atoms with van der Waals surface area (Å²) in [5.41, 5.74) is 6.90. The average molecular weight is 265 g/mol. The summed E-state index contributed by atoms with van der Waals surface area (Å²) >= 11 is 0. The molecule has 0 aliphatic carbocycles.